The summed E-state index contributed by atoms with van der Waals surface area (Å²) in [6.45, 7) is 6.28. The third-order valence-corrected chi connectivity index (χ3v) is 4.94. The number of rotatable bonds is 5. The molecule has 0 aliphatic heterocycles. The van der Waals surface area contributed by atoms with E-state index in [4.69, 9.17) is 4.74 Å². The normalized spacial score (nSPS) is 19.1. The number of benzene rings is 1. The van der Waals surface area contributed by atoms with Crippen LogP contribution in [0, 0.1) is 20.8 Å². The van der Waals surface area contributed by atoms with Crippen LogP contribution in [0.5, 0.6) is 0 Å². The van der Waals surface area contributed by atoms with Crippen molar-refractivity contribution in [3.63, 3.8) is 0 Å². The molecule has 0 atom stereocenters. The molecule has 0 saturated heterocycles. The molecule has 0 bridgehead atoms. The smallest absolute Gasteiger partial charge is 0.248 e. The van der Waals surface area contributed by atoms with Crippen LogP contribution in [0.4, 0.5) is 8.78 Å². The molecular formula is C19H27F2NO2. The molecule has 1 N–H and O–H groups in total. The fourth-order valence-corrected chi connectivity index (χ4v) is 3.67. The Kier molecular flexibility index (Phi) is 5.63. The van der Waals surface area contributed by atoms with E-state index in [2.05, 4.69) is 17.4 Å². The van der Waals surface area contributed by atoms with E-state index in [0.717, 1.165) is 16.7 Å². The Balaban J connectivity index is 2.09. The molecule has 0 heterocycles. The van der Waals surface area contributed by atoms with Gasteiger partial charge < -0.3 is 10.1 Å². The molecule has 134 valence electrons. The number of amides is 1. The second-order valence-electron chi connectivity index (χ2n) is 7.17. The summed E-state index contributed by atoms with van der Waals surface area (Å²) in [5, 5.41) is 2.99. The van der Waals surface area contributed by atoms with Crippen LogP contribution >= 0.6 is 0 Å². The number of carbonyl (C=O) groups excluding carboxylic acids is 1. The highest BCUT2D eigenvalue weighted by molar-refractivity contribution is 5.80. The molecule has 1 aromatic rings. The lowest BCUT2D eigenvalue weighted by Gasteiger charge is -2.40. The van der Waals surface area contributed by atoms with Crippen molar-refractivity contribution < 1.29 is 18.3 Å². The van der Waals surface area contributed by atoms with Crippen molar-refractivity contribution in [1.82, 2.24) is 5.32 Å². The zero-order chi connectivity index (χ0) is 18.0. The Hall–Kier alpha value is -1.49. The molecule has 3 nitrogen and oxygen atoms in total. The van der Waals surface area contributed by atoms with Crippen molar-refractivity contribution in [2.45, 2.75) is 64.3 Å². The predicted octanol–water partition coefficient (Wildman–Crippen LogP) is 3.87. The highest BCUT2D eigenvalue weighted by Gasteiger charge is 2.44. The number of halogens is 2. The molecule has 1 aliphatic rings. The number of hydrogen-bond acceptors (Lipinski definition) is 2. The summed E-state index contributed by atoms with van der Waals surface area (Å²) >= 11 is 0. The molecular weight excluding hydrogens is 312 g/mol. The van der Waals surface area contributed by atoms with Crippen LogP contribution in [0.25, 0.3) is 0 Å². The van der Waals surface area contributed by atoms with Crippen LogP contribution in [0.15, 0.2) is 12.1 Å². The number of aryl methyl sites for hydroxylation is 3. The van der Waals surface area contributed by atoms with E-state index < -0.39 is 11.5 Å². The maximum Gasteiger partial charge on any atom is 0.248 e. The molecule has 1 saturated carbocycles. The van der Waals surface area contributed by atoms with Crippen LogP contribution in [0.3, 0.4) is 0 Å². The van der Waals surface area contributed by atoms with Gasteiger partial charge in [-0.3, -0.25) is 4.79 Å². The minimum absolute atomic E-state index is 0.132. The number of methoxy groups -OCH3 is 1. The molecule has 0 spiro atoms. The van der Waals surface area contributed by atoms with Gasteiger partial charge in [0, 0.05) is 20.0 Å². The van der Waals surface area contributed by atoms with E-state index in [9.17, 15) is 13.6 Å². The zero-order valence-corrected chi connectivity index (χ0v) is 15.0. The number of ether oxygens (including phenoxy) is 1. The number of hydrogen-bond donors (Lipinski definition) is 1. The van der Waals surface area contributed by atoms with Gasteiger partial charge >= 0.3 is 0 Å². The molecule has 0 unspecified atom stereocenters. The zero-order valence-electron chi connectivity index (χ0n) is 15.0. The van der Waals surface area contributed by atoms with E-state index in [-0.39, 0.29) is 44.6 Å². The van der Waals surface area contributed by atoms with Gasteiger partial charge in [0.25, 0.3) is 0 Å². The Labute approximate surface area is 142 Å². The maximum atomic E-state index is 13.5. The van der Waals surface area contributed by atoms with Crippen molar-refractivity contribution in [3.8, 4) is 0 Å². The van der Waals surface area contributed by atoms with Gasteiger partial charge in [0.15, 0.2) is 0 Å². The Bertz CT molecular complexity index is 580. The first kappa shape index (κ1) is 18.8. The van der Waals surface area contributed by atoms with Crippen molar-refractivity contribution in [2.75, 3.05) is 13.7 Å². The predicted molar refractivity (Wildman–Crippen MR) is 90.5 cm³/mol. The van der Waals surface area contributed by atoms with Gasteiger partial charge in [0.2, 0.25) is 11.8 Å². The topological polar surface area (TPSA) is 38.3 Å². The highest BCUT2D eigenvalue weighted by Crippen LogP contribution is 2.38. The standard InChI is InChI=1S/C19H27F2NO2/c1-13-9-14(2)16(15(3)10-13)11-17(23)22-18(12-24-4)5-7-19(20,21)8-6-18/h9-10H,5-8,11-12H2,1-4H3,(H,22,23). The molecule has 5 heteroatoms. The molecule has 0 radical (unpaired) electrons. The van der Waals surface area contributed by atoms with Crippen molar-refractivity contribution >= 4 is 5.91 Å². The van der Waals surface area contributed by atoms with Crippen molar-refractivity contribution in [2.24, 2.45) is 0 Å². The summed E-state index contributed by atoms with van der Waals surface area (Å²) in [5.74, 6) is -2.76. The molecule has 1 aromatic carbocycles. The van der Waals surface area contributed by atoms with Gasteiger partial charge in [-0.1, -0.05) is 17.7 Å². The molecule has 1 fully saturated rings. The van der Waals surface area contributed by atoms with Crippen LogP contribution in [-0.4, -0.2) is 31.1 Å². The Morgan fingerprint density at radius 3 is 2.17 bits per heavy atom. The van der Waals surface area contributed by atoms with Gasteiger partial charge in [0.05, 0.1) is 18.6 Å². The van der Waals surface area contributed by atoms with E-state index in [1.807, 2.05) is 20.8 Å². The van der Waals surface area contributed by atoms with Crippen LogP contribution in [-0.2, 0) is 16.0 Å². The number of alkyl halides is 2. The quantitative estimate of drug-likeness (QED) is 0.884. The lowest BCUT2D eigenvalue weighted by Crippen LogP contribution is -2.55. The molecule has 0 aromatic heterocycles. The van der Waals surface area contributed by atoms with E-state index in [1.54, 1.807) is 0 Å². The van der Waals surface area contributed by atoms with Gasteiger partial charge in [0.1, 0.15) is 0 Å². The van der Waals surface area contributed by atoms with Crippen molar-refractivity contribution in [3.05, 3.63) is 34.4 Å². The fourth-order valence-electron chi connectivity index (χ4n) is 3.67. The summed E-state index contributed by atoms with van der Waals surface area (Å²) in [7, 11) is 1.54. The van der Waals surface area contributed by atoms with Crippen LogP contribution in [0.2, 0.25) is 0 Å². The fraction of sp³-hybridized carbons (Fsp3) is 0.632. The average molecular weight is 339 g/mol. The third-order valence-electron chi connectivity index (χ3n) is 4.94. The summed E-state index contributed by atoms with van der Waals surface area (Å²) < 4.78 is 32.1. The van der Waals surface area contributed by atoms with Crippen LogP contribution in [0.1, 0.15) is 47.9 Å². The molecule has 24 heavy (non-hydrogen) atoms. The molecule has 1 amide bonds. The van der Waals surface area contributed by atoms with E-state index >= 15 is 0 Å². The molecule has 2 rings (SSSR count). The monoisotopic (exact) mass is 339 g/mol. The minimum Gasteiger partial charge on any atom is -0.382 e. The van der Waals surface area contributed by atoms with Crippen LogP contribution < -0.4 is 5.32 Å². The van der Waals surface area contributed by atoms with Gasteiger partial charge in [-0.25, -0.2) is 8.78 Å². The Morgan fingerprint density at radius 1 is 1.12 bits per heavy atom. The largest absolute Gasteiger partial charge is 0.382 e. The minimum atomic E-state index is -2.63. The number of carbonyl (C=O) groups is 1. The lowest BCUT2D eigenvalue weighted by atomic mass is 9.80. The number of nitrogens with one attached hydrogen (secondary N) is 1. The first-order chi connectivity index (χ1) is 11.2. The third kappa shape index (κ3) is 4.53. The second-order valence-corrected chi connectivity index (χ2v) is 7.17. The van der Waals surface area contributed by atoms with Gasteiger partial charge in [-0.05, 0) is 50.3 Å². The second kappa shape index (κ2) is 7.18. The Morgan fingerprint density at radius 2 is 1.67 bits per heavy atom. The van der Waals surface area contributed by atoms with Gasteiger partial charge in [-0.2, -0.15) is 0 Å². The SMILES string of the molecule is COCC1(NC(=O)Cc2c(C)cc(C)cc2C)CCC(F)(F)CC1. The highest BCUT2D eigenvalue weighted by atomic mass is 19.3. The van der Waals surface area contributed by atoms with E-state index in [1.165, 1.54) is 12.7 Å². The first-order valence-corrected chi connectivity index (χ1v) is 8.41. The maximum absolute atomic E-state index is 13.5. The van der Waals surface area contributed by atoms with E-state index in [0.29, 0.717) is 0 Å². The van der Waals surface area contributed by atoms with Gasteiger partial charge in [-0.15, -0.1) is 0 Å². The lowest BCUT2D eigenvalue weighted by molar-refractivity contribution is -0.126. The summed E-state index contributed by atoms with van der Waals surface area (Å²) in [5.41, 5.74) is 3.66. The molecule has 1 aliphatic carbocycles. The summed E-state index contributed by atoms with van der Waals surface area (Å²) in [6, 6.07) is 4.11. The first-order valence-electron chi connectivity index (χ1n) is 8.41. The van der Waals surface area contributed by atoms with Crippen molar-refractivity contribution in [1.29, 1.82) is 0 Å². The summed E-state index contributed by atoms with van der Waals surface area (Å²) in [4.78, 5) is 12.6. The summed E-state index contributed by atoms with van der Waals surface area (Å²) in [6.07, 6.45) is 0.329. The average Bonchev–Trinajstić information content (AvgIpc) is 2.47.